The summed E-state index contributed by atoms with van der Waals surface area (Å²) in [6.07, 6.45) is 2.00. The molecule has 0 spiro atoms. The van der Waals surface area contributed by atoms with E-state index in [0.717, 1.165) is 25.9 Å². The number of nitrogens with two attached hydrogens (primary N) is 1. The first-order valence-corrected chi connectivity index (χ1v) is 5.73. The summed E-state index contributed by atoms with van der Waals surface area (Å²) in [6.45, 7) is 1.78. The number of anilines is 2. The molecule has 0 amide bonds. The van der Waals surface area contributed by atoms with Crippen LogP contribution in [0.25, 0.3) is 0 Å². The highest BCUT2D eigenvalue weighted by Gasteiger charge is 2.17. The molecule has 17 heavy (non-hydrogen) atoms. The van der Waals surface area contributed by atoms with Crippen LogP contribution in [0.1, 0.15) is 11.1 Å². The smallest absolute Gasteiger partial charge is 0.319 e. The predicted molar refractivity (Wildman–Crippen MR) is 64.8 cm³/mol. The van der Waals surface area contributed by atoms with Gasteiger partial charge < -0.3 is 15.1 Å². The fourth-order valence-electron chi connectivity index (χ4n) is 2.21. The zero-order valence-electron chi connectivity index (χ0n) is 9.47. The van der Waals surface area contributed by atoms with Gasteiger partial charge in [-0.15, -0.1) is 0 Å². The third kappa shape index (κ3) is 1.95. The van der Waals surface area contributed by atoms with Crippen molar-refractivity contribution in [2.45, 2.75) is 12.8 Å². The van der Waals surface area contributed by atoms with Crippen LogP contribution in [0, 0.1) is 0 Å². The number of hydrogen-bond donors (Lipinski definition) is 1. The van der Waals surface area contributed by atoms with Crippen LogP contribution in [0.5, 0.6) is 0 Å². The summed E-state index contributed by atoms with van der Waals surface area (Å²) in [5.41, 5.74) is 8.25. The number of nitrogens with zero attached hydrogens (tertiary/aromatic N) is 3. The van der Waals surface area contributed by atoms with Crippen molar-refractivity contribution in [3.8, 4) is 0 Å². The van der Waals surface area contributed by atoms with Crippen molar-refractivity contribution in [1.29, 1.82) is 0 Å². The van der Waals surface area contributed by atoms with Crippen LogP contribution in [0.2, 0.25) is 0 Å². The summed E-state index contributed by atoms with van der Waals surface area (Å²) >= 11 is 0. The quantitative estimate of drug-likeness (QED) is 0.798. The molecule has 2 heterocycles. The Labute approximate surface area is 99.2 Å². The maximum Gasteiger partial charge on any atom is 0.319 e. The highest BCUT2D eigenvalue weighted by Crippen LogP contribution is 2.20. The molecule has 0 fully saturated rings. The third-order valence-electron chi connectivity index (χ3n) is 3.12. The van der Waals surface area contributed by atoms with E-state index in [0.29, 0.717) is 6.01 Å². The SMILES string of the molecule is Nc1nnc(N2CCc3ccccc3CC2)o1. The fourth-order valence-corrected chi connectivity index (χ4v) is 2.21. The van der Waals surface area contributed by atoms with E-state index in [-0.39, 0.29) is 6.01 Å². The first-order valence-electron chi connectivity index (χ1n) is 5.73. The zero-order valence-corrected chi connectivity index (χ0v) is 9.47. The van der Waals surface area contributed by atoms with Crippen molar-refractivity contribution < 1.29 is 4.42 Å². The molecule has 0 unspecified atom stereocenters. The van der Waals surface area contributed by atoms with Gasteiger partial charge in [-0.25, -0.2) is 0 Å². The summed E-state index contributed by atoms with van der Waals surface area (Å²) in [5, 5.41) is 7.62. The molecule has 0 saturated carbocycles. The Kier molecular flexibility index (Phi) is 2.44. The average molecular weight is 230 g/mol. The Bertz CT molecular complexity index is 496. The molecule has 2 aromatic rings. The van der Waals surface area contributed by atoms with E-state index >= 15 is 0 Å². The van der Waals surface area contributed by atoms with E-state index in [1.807, 2.05) is 0 Å². The largest absolute Gasteiger partial charge is 0.390 e. The minimum absolute atomic E-state index is 0.127. The minimum Gasteiger partial charge on any atom is -0.390 e. The molecule has 0 aliphatic carbocycles. The third-order valence-corrected chi connectivity index (χ3v) is 3.12. The van der Waals surface area contributed by atoms with Crippen LogP contribution < -0.4 is 10.6 Å². The standard InChI is InChI=1S/C12H14N4O/c13-11-14-15-12(17-11)16-7-5-9-3-1-2-4-10(9)6-8-16/h1-4H,5-8H2,(H2,13,14). The van der Waals surface area contributed by atoms with Gasteiger partial charge in [0.15, 0.2) is 0 Å². The summed E-state index contributed by atoms with van der Waals surface area (Å²) in [4.78, 5) is 2.09. The van der Waals surface area contributed by atoms with Gasteiger partial charge in [-0.05, 0) is 24.0 Å². The molecule has 0 bridgehead atoms. The monoisotopic (exact) mass is 230 g/mol. The Hall–Kier alpha value is -2.04. The van der Waals surface area contributed by atoms with E-state index in [1.54, 1.807) is 0 Å². The summed E-state index contributed by atoms with van der Waals surface area (Å²) in [6, 6.07) is 9.18. The first-order chi connectivity index (χ1) is 8.33. The van der Waals surface area contributed by atoms with Gasteiger partial charge in [0.05, 0.1) is 0 Å². The van der Waals surface area contributed by atoms with Crippen molar-refractivity contribution in [1.82, 2.24) is 10.2 Å². The van der Waals surface area contributed by atoms with E-state index in [2.05, 4.69) is 39.4 Å². The van der Waals surface area contributed by atoms with Crippen LogP contribution in [0.15, 0.2) is 28.7 Å². The number of hydrogen-bond acceptors (Lipinski definition) is 5. The van der Waals surface area contributed by atoms with Gasteiger partial charge in [0.1, 0.15) is 0 Å². The molecular weight excluding hydrogens is 216 g/mol. The average Bonchev–Trinajstić information content (AvgIpc) is 2.66. The number of nitrogen functional groups attached to an aromatic ring is 1. The molecule has 0 atom stereocenters. The highest BCUT2D eigenvalue weighted by atomic mass is 16.4. The van der Waals surface area contributed by atoms with Gasteiger partial charge in [-0.2, -0.15) is 0 Å². The van der Waals surface area contributed by atoms with E-state index < -0.39 is 0 Å². The van der Waals surface area contributed by atoms with Crippen molar-refractivity contribution in [3.63, 3.8) is 0 Å². The lowest BCUT2D eigenvalue weighted by Gasteiger charge is -2.16. The van der Waals surface area contributed by atoms with Gasteiger partial charge in [0.2, 0.25) is 0 Å². The van der Waals surface area contributed by atoms with Crippen molar-refractivity contribution in [3.05, 3.63) is 35.4 Å². The van der Waals surface area contributed by atoms with Crippen LogP contribution in [-0.2, 0) is 12.8 Å². The topological polar surface area (TPSA) is 68.2 Å². The van der Waals surface area contributed by atoms with E-state index in [4.69, 9.17) is 10.2 Å². The Morgan fingerprint density at radius 3 is 2.24 bits per heavy atom. The van der Waals surface area contributed by atoms with Crippen molar-refractivity contribution in [2.75, 3.05) is 23.7 Å². The molecule has 1 aromatic heterocycles. The van der Waals surface area contributed by atoms with Gasteiger partial charge >= 0.3 is 12.0 Å². The molecule has 0 radical (unpaired) electrons. The lowest BCUT2D eigenvalue weighted by atomic mass is 10.0. The van der Waals surface area contributed by atoms with Gasteiger partial charge in [0, 0.05) is 13.1 Å². The van der Waals surface area contributed by atoms with Crippen molar-refractivity contribution >= 4 is 12.0 Å². The zero-order chi connectivity index (χ0) is 11.7. The Morgan fingerprint density at radius 1 is 1.06 bits per heavy atom. The van der Waals surface area contributed by atoms with Crippen LogP contribution in [0.3, 0.4) is 0 Å². The van der Waals surface area contributed by atoms with Crippen molar-refractivity contribution in [2.24, 2.45) is 0 Å². The molecule has 88 valence electrons. The number of aromatic nitrogens is 2. The minimum atomic E-state index is 0.127. The lowest BCUT2D eigenvalue weighted by molar-refractivity contribution is 0.549. The summed E-state index contributed by atoms with van der Waals surface area (Å²) in [7, 11) is 0. The highest BCUT2D eigenvalue weighted by molar-refractivity contribution is 5.35. The molecular formula is C12H14N4O. The first kappa shape index (κ1) is 10.1. The Morgan fingerprint density at radius 2 is 1.71 bits per heavy atom. The summed E-state index contributed by atoms with van der Waals surface area (Å²) in [5.74, 6) is 0. The number of fused-ring (bicyclic) bond motifs is 1. The second-order valence-electron chi connectivity index (χ2n) is 4.18. The van der Waals surface area contributed by atoms with Gasteiger partial charge in [-0.3, -0.25) is 0 Å². The second-order valence-corrected chi connectivity index (χ2v) is 4.18. The molecule has 3 rings (SSSR count). The van der Waals surface area contributed by atoms with Crippen LogP contribution in [-0.4, -0.2) is 23.3 Å². The number of benzene rings is 1. The maximum absolute atomic E-state index is 5.44. The second kappa shape index (κ2) is 4.08. The van der Waals surface area contributed by atoms with Gasteiger partial charge in [0.25, 0.3) is 0 Å². The molecule has 5 heteroatoms. The molecule has 1 aliphatic rings. The summed E-state index contributed by atoms with van der Waals surface area (Å²) < 4.78 is 5.26. The molecule has 1 aliphatic heterocycles. The normalized spacial score (nSPS) is 15.4. The molecule has 1 aromatic carbocycles. The molecule has 0 saturated heterocycles. The van der Waals surface area contributed by atoms with Crippen LogP contribution >= 0.6 is 0 Å². The van der Waals surface area contributed by atoms with Crippen LogP contribution in [0.4, 0.5) is 12.0 Å². The number of rotatable bonds is 1. The van der Waals surface area contributed by atoms with E-state index in [9.17, 15) is 0 Å². The molecule has 2 N–H and O–H groups in total. The lowest BCUT2D eigenvalue weighted by Crippen LogP contribution is -2.26. The van der Waals surface area contributed by atoms with E-state index in [1.165, 1.54) is 11.1 Å². The Balaban J connectivity index is 1.81. The maximum atomic E-state index is 5.44. The fraction of sp³-hybridized carbons (Fsp3) is 0.333. The predicted octanol–water partition coefficient (Wildman–Crippen LogP) is 1.26. The molecule has 5 nitrogen and oxygen atoms in total. The van der Waals surface area contributed by atoms with Gasteiger partial charge in [-0.1, -0.05) is 34.5 Å².